The Bertz CT molecular complexity index is 697. The summed E-state index contributed by atoms with van der Waals surface area (Å²) in [5.74, 6) is 0. The van der Waals surface area contributed by atoms with E-state index in [9.17, 15) is 0 Å². The van der Waals surface area contributed by atoms with Crippen LogP contribution in [0.5, 0.6) is 0 Å². The Morgan fingerprint density at radius 2 is 0.935 bits per heavy atom. The Morgan fingerprint density at radius 1 is 0.645 bits per heavy atom. The molecule has 0 amide bonds. The Morgan fingerprint density at radius 3 is 1.16 bits per heavy atom. The van der Waals surface area contributed by atoms with Crippen LogP contribution in [0.25, 0.3) is 0 Å². The Kier molecular flexibility index (Phi) is 14.1. The van der Waals surface area contributed by atoms with Gasteiger partial charge in [0.05, 0.1) is 16.5 Å². The van der Waals surface area contributed by atoms with E-state index in [1.807, 2.05) is 0 Å². The van der Waals surface area contributed by atoms with E-state index in [0.717, 1.165) is 0 Å². The molecule has 0 spiro atoms. The van der Waals surface area contributed by atoms with Crippen molar-refractivity contribution in [2.75, 3.05) is 26.2 Å². The third kappa shape index (κ3) is 7.97. The van der Waals surface area contributed by atoms with Crippen LogP contribution in [0.1, 0.15) is 36.8 Å². The molecule has 2 fully saturated rings. The van der Waals surface area contributed by atoms with Gasteiger partial charge in [0.1, 0.15) is 0 Å². The van der Waals surface area contributed by atoms with E-state index in [1.54, 1.807) is 10.4 Å². The molecule has 2 aliphatic heterocycles. The van der Waals surface area contributed by atoms with Crippen molar-refractivity contribution in [1.82, 2.24) is 9.13 Å². The molecule has 31 heavy (non-hydrogen) atoms. The number of aryl methyl sites for hydroxylation is 2. The summed E-state index contributed by atoms with van der Waals surface area (Å²) in [4.78, 5) is 0. The zero-order valence-electron chi connectivity index (χ0n) is 20.3. The standard InChI is InChI=1S/2C12H20NSi.2BrH.Zr/c2*1-11-6-7-12(10-11)14(2,3)13-8-4-5-9-13;;;/h2*6-7,10H,4-5,8-9H2,1-3H3;2*1H;/q2*-1;;;+4/p-2. The van der Waals surface area contributed by atoms with Crippen LogP contribution in [0.2, 0.25) is 26.2 Å². The van der Waals surface area contributed by atoms with Crippen LogP contribution in [0.3, 0.4) is 0 Å². The van der Waals surface area contributed by atoms with Gasteiger partial charge in [-0.3, -0.25) is 0 Å². The van der Waals surface area contributed by atoms with Crippen molar-refractivity contribution >= 4 is 26.8 Å². The van der Waals surface area contributed by atoms with E-state index in [0.29, 0.717) is 0 Å². The predicted octanol–water partition coefficient (Wildman–Crippen LogP) is -1.55. The first-order valence-electron chi connectivity index (χ1n) is 11.2. The number of halogens is 2. The van der Waals surface area contributed by atoms with Crippen molar-refractivity contribution in [3.8, 4) is 0 Å². The second-order valence-electron chi connectivity index (χ2n) is 9.86. The summed E-state index contributed by atoms with van der Waals surface area (Å²) in [6, 6.07) is 13.9. The molecule has 0 saturated carbocycles. The molecular weight excluding hydrogens is 623 g/mol. The average molecular weight is 664 g/mol. The number of rotatable bonds is 4. The van der Waals surface area contributed by atoms with Crippen LogP contribution in [-0.2, 0) is 26.2 Å². The fourth-order valence-electron chi connectivity index (χ4n) is 4.80. The van der Waals surface area contributed by atoms with E-state index in [1.165, 1.54) is 63.0 Å². The van der Waals surface area contributed by atoms with Crippen LogP contribution in [0.4, 0.5) is 0 Å². The quantitative estimate of drug-likeness (QED) is 0.289. The minimum absolute atomic E-state index is 0. The van der Waals surface area contributed by atoms with Gasteiger partial charge in [-0.15, -0.1) is 10.4 Å². The molecule has 2 aliphatic rings. The molecule has 2 aromatic carbocycles. The number of hydrogen-bond donors (Lipinski definition) is 0. The SMILES string of the molecule is Cc1cc[c-]([Si](C)(C)N2CCCC2)c1.Cc1cc[c-]([Si](C)(C)N2CCCC2)c1.[Br-].[Br-].[Zr+4]. The molecule has 172 valence electrons. The van der Waals surface area contributed by atoms with Gasteiger partial charge in [0, 0.05) is 0 Å². The third-order valence-corrected chi connectivity index (χ3v) is 14.5. The zero-order valence-corrected chi connectivity index (χ0v) is 27.9. The fraction of sp³-hybridized carbons (Fsp3) is 0.583. The van der Waals surface area contributed by atoms with Gasteiger partial charge >= 0.3 is 26.2 Å². The molecule has 0 aromatic heterocycles. The third-order valence-electron chi connectivity index (χ3n) is 7.02. The second-order valence-corrected chi connectivity index (χ2v) is 18.5. The largest absolute Gasteiger partial charge is 4.00 e. The van der Waals surface area contributed by atoms with Crippen LogP contribution in [0.15, 0.2) is 36.4 Å². The smallest absolute Gasteiger partial charge is 1.00 e. The van der Waals surface area contributed by atoms with E-state index in [4.69, 9.17) is 0 Å². The molecule has 0 atom stereocenters. The normalized spacial score (nSPS) is 17.2. The Labute approximate surface area is 233 Å². The van der Waals surface area contributed by atoms with Crippen LogP contribution >= 0.6 is 0 Å². The van der Waals surface area contributed by atoms with Crippen LogP contribution in [-0.4, -0.2) is 51.8 Å². The van der Waals surface area contributed by atoms with Crippen molar-refractivity contribution in [3.05, 3.63) is 47.5 Å². The monoisotopic (exact) mass is 660 g/mol. The van der Waals surface area contributed by atoms with Gasteiger partial charge in [0.2, 0.25) is 0 Å². The molecule has 2 aromatic rings. The van der Waals surface area contributed by atoms with E-state index in [2.05, 4.69) is 85.6 Å². The van der Waals surface area contributed by atoms with Gasteiger partial charge in [0.25, 0.3) is 0 Å². The summed E-state index contributed by atoms with van der Waals surface area (Å²) in [5.41, 5.74) is 2.83. The summed E-state index contributed by atoms with van der Waals surface area (Å²) >= 11 is 0. The molecule has 2 saturated heterocycles. The fourth-order valence-corrected chi connectivity index (χ4v) is 10.5. The van der Waals surface area contributed by atoms with Crippen molar-refractivity contribution in [2.45, 2.75) is 65.7 Å². The van der Waals surface area contributed by atoms with Gasteiger partial charge in [-0.2, -0.15) is 24.3 Å². The molecule has 0 N–H and O–H groups in total. The van der Waals surface area contributed by atoms with Gasteiger partial charge < -0.3 is 43.1 Å². The second kappa shape index (κ2) is 13.7. The maximum absolute atomic E-state index is 2.74. The molecule has 2 nitrogen and oxygen atoms in total. The van der Waals surface area contributed by atoms with Crippen molar-refractivity contribution in [3.63, 3.8) is 0 Å². The maximum atomic E-state index is 2.74. The summed E-state index contributed by atoms with van der Waals surface area (Å²) < 4.78 is 5.48. The zero-order chi connectivity index (χ0) is 20.4. The summed E-state index contributed by atoms with van der Waals surface area (Å²) in [6.45, 7) is 19.6. The molecule has 2 heterocycles. The first kappa shape index (κ1) is 31.9. The van der Waals surface area contributed by atoms with Crippen LogP contribution < -0.4 is 44.3 Å². The minimum atomic E-state index is -1.29. The van der Waals surface area contributed by atoms with Gasteiger partial charge in [0.15, 0.2) is 0 Å². The van der Waals surface area contributed by atoms with Crippen molar-refractivity contribution < 1.29 is 60.2 Å². The summed E-state index contributed by atoms with van der Waals surface area (Å²) in [7, 11) is -2.58. The van der Waals surface area contributed by atoms with Crippen molar-refractivity contribution in [2.24, 2.45) is 0 Å². The molecule has 0 unspecified atom stereocenters. The summed E-state index contributed by atoms with van der Waals surface area (Å²) in [6.07, 6.45) is 5.60. The first-order valence-corrected chi connectivity index (χ1v) is 17.1. The van der Waals surface area contributed by atoms with E-state index >= 15 is 0 Å². The average Bonchev–Trinajstić information content (AvgIpc) is 3.42. The van der Waals surface area contributed by atoms with Gasteiger partial charge in [-0.05, 0) is 51.9 Å². The predicted molar refractivity (Wildman–Crippen MR) is 129 cm³/mol. The van der Waals surface area contributed by atoms with E-state index in [-0.39, 0.29) is 60.2 Å². The first-order chi connectivity index (χ1) is 13.2. The minimum Gasteiger partial charge on any atom is -1.00 e. The molecule has 0 aliphatic carbocycles. The molecular formula is C24H40Br2N2Si2Zr. The number of nitrogens with zero attached hydrogens (tertiary/aromatic N) is 2. The van der Waals surface area contributed by atoms with E-state index < -0.39 is 16.5 Å². The Balaban J connectivity index is 0.000000529. The Hall–Kier alpha value is 0.897. The van der Waals surface area contributed by atoms with Gasteiger partial charge in [-0.25, -0.2) is 23.3 Å². The topological polar surface area (TPSA) is 6.48 Å². The number of hydrogen-bond acceptors (Lipinski definition) is 2. The molecule has 0 radical (unpaired) electrons. The van der Waals surface area contributed by atoms with Crippen molar-refractivity contribution in [1.29, 1.82) is 0 Å². The maximum Gasteiger partial charge on any atom is 4.00 e. The molecule has 4 rings (SSSR count). The summed E-state index contributed by atoms with van der Waals surface area (Å²) in [5, 5.41) is 3.22. The molecule has 7 heteroatoms. The van der Waals surface area contributed by atoms with Gasteiger partial charge in [-0.1, -0.05) is 40.0 Å². The molecule has 0 bridgehead atoms. The van der Waals surface area contributed by atoms with Crippen LogP contribution in [0, 0.1) is 13.8 Å².